The lowest BCUT2D eigenvalue weighted by molar-refractivity contribution is -0.150. The first-order chi connectivity index (χ1) is 43.0. The molecule has 4 heterocycles. The number of nitrogens with two attached hydrogens (primary N) is 3. The summed E-state index contributed by atoms with van der Waals surface area (Å²) in [6.07, 6.45) is 5.34. The summed E-state index contributed by atoms with van der Waals surface area (Å²) in [7, 11) is 3.81. The highest BCUT2D eigenvalue weighted by atomic mass is 16.6. The summed E-state index contributed by atoms with van der Waals surface area (Å²) in [6.45, 7) is 27.9. The highest BCUT2D eigenvalue weighted by Crippen LogP contribution is 2.29. The van der Waals surface area contributed by atoms with Crippen molar-refractivity contribution >= 4 is 53.2 Å². The Kier molecular flexibility index (Phi) is 25.1. The number of benzene rings is 4. The Morgan fingerprint density at radius 1 is 0.589 bits per heavy atom. The van der Waals surface area contributed by atoms with Crippen LogP contribution in [0.25, 0.3) is 44.5 Å². The third kappa shape index (κ3) is 23.0. The van der Waals surface area contributed by atoms with Crippen molar-refractivity contribution in [1.82, 2.24) is 25.3 Å². The number of hydrogen-bond donors (Lipinski definition) is 5. The summed E-state index contributed by atoms with van der Waals surface area (Å²) >= 11 is 0. The molecule has 23 heteroatoms. The number of esters is 2. The summed E-state index contributed by atoms with van der Waals surface area (Å²) in [4.78, 5) is 62.9. The van der Waals surface area contributed by atoms with Crippen LogP contribution in [0.2, 0.25) is 0 Å². The summed E-state index contributed by atoms with van der Waals surface area (Å²) < 4.78 is 38.4. The zero-order valence-electron chi connectivity index (χ0n) is 51.5. The lowest BCUT2D eigenvalue weighted by atomic mass is 10.1. The zero-order valence-corrected chi connectivity index (χ0v) is 51.5. The number of anilines is 4. The maximum Gasteiger partial charge on any atom is 0.407 e. The van der Waals surface area contributed by atoms with Gasteiger partial charge in [0.25, 0.3) is 11.4 Å². The standard InChI is InChI=1S/C34H36N6O6.C21H24N2O4.C12H14N4O/c1-34(2,3)46-31(41)28(36-4)20-27-14-15-29(45-27)25-10-12-26(13-11-25)40(5)18-19-43-33(42)38-21-23-6-8-24(9-7-23)22-44-32-37-17-16-30(35)39-32;1-21(2,3)27-20(25)18(22-4)14-17-10-11-19(26-17)15-6-8-16(9-7-15)23(5)12-13-24;13-7-9-1-3-10(4-2-9)8-17-12-15-6-5-11(14)16-12/h6-17,20H,18-19,21-22H2,1-3,5H3,(H,38,42)(H2,35,37,39);6-11,14,24H,12-13H2,1-3,5H3;1-6H,7-8,13H2,(H2,14,15,16)/b28-20-;18-14-;. The number of nitrogens with one attached hydrogen (secondary N) is 1. The molecule has 8 aromatic rings. The predicted molar refractivity (Wildman–Crippen MR) is 343 cm³/mol. The monoisotopic (exact) mass is 1220 g/mol. The molecule has 0 fully saturated rings. The van der Waals surface area contributed by atoms with Crippen LogP contribution in [0.15, 0.2) is 166 Å². The van der Waals surface area contributed by atoms with Crippen molar-refractivity contribution in [3.63, 3.8) is 0 Å². The Bertz CT molecular complexity index is 3760. The molecule has 8 N–H and O–H groups in total. The number of alkyl carbamates (subject to hydrolysis) is 1. The van der Waals surface area contributed by atoms with Crippen LogP contribution in [0.1, 0.15) is 75.3 Å². The molecule has 8 rings (SSSR count). The maximum absolute atomic E-state index is 12.3. The Hall–Kier alpha value is -11.0. The van der Waals surface area contributed by atoms with Gasteiger partial charge in [0.15, 0.2) is 0 Å². The number of aliphatic hydroxyl groups is 1. The fraction of sp³-hybridized carbons (Fsp3) is 0.269. The molecule has 4 aromatic heterocycles. The summed E-state index contributed by atoms with van der Waals surface area (Å²) in [5, 5.41) is 11.8. The van der Waals surface area contributed by atoms with Crippen LogP contribution in [0.3, 0.4) is 0 Å². The summed E-state index contributed by atoms with van der Waals surface area (Å²) in [5.74, 6) is 1.36. The Morgan fingerprint density at radius 2 is 1.00 bits per heavy atom. The van der Waals surface area contributed by atoms with Gasteiger partial charge in [0.1, 0.15) is 65.7 Å². The van der Waals surface area contributed by atoms with E-state index in [1.54, 1.807) is 84.1 Å². The van der Waals surface area contributed by atoms with Crippen LogP contribution in [0.5, 0.6) is 12.0 Å². The number of amides is 1. The highest BCUT2D eigenvalue weighted by Gasteiger charge is 2.22. The second-order valence-electron chi connectivity index (χ2n) is 21.8. The van der Waals surface area contributed by atoms with Crippen LogP contribution in [0.4, 0.5) is 27.8 Å². The van der Waals surface area contributed by atoms with Crippen LogP contribution in [-0.4, -0.2) is 94.7 Å². The first-order valence-electron chi connectivity index (χ1n) is 28.3. The first kappa shape index (κ1) is 68.1. The van der Waals surface area contributed by atoms with Gasteiger partial charge in [-0.2, -0.15) is 9.97 Å². The van der Waals surface area contributed by atoms with Gasteiger partial charge < -0.3 is 69.9 Å². The van der Waals surface area contributed by atoms with Crippen LogP contribution in [0, 0.1) is 13.1 Å². The SMILES string of the molecule is NCc1ccc(COc2nccc(N)n2)cc1.[C-]#[N+]/C(=C\c1ccc(-c2ccc(N(C)CCO)cc2)o1)C(=O)OC(C)(C)C.[C-]#[N+]/C(=C\c1ccc(-c2ccc(N(C)CCOC(=O)NCc3ccc(COc4nccc(N)n4)cc3)cc2)o1)C(=O)OC(C)(C)C. The summed E-state index contributed by atoms with van der Waals surface area (Å²) in [6, 6.07) is 41.5. The van der Waals surface area contributed by atoms with Gasteiger partial charge in [0.2, 0.25) is 0 Å². The number of carbonyl (C=O) groups excluding carboxylic acids is 3. The molecule has 0 saturated heterocycles. The van der Waals surface area contributed by atoms with E-state index in [4.69, 9.17) is 68.0 Å². The minimum Gasteiger partial charge on any atom is -0.465 e. The van der Waals surface area contributed by atoms with Crippen LogP contribution >= 0.6 is 0 Å². The van der Waals surface area contributed by atoms with Crippen molar-refractivity contribution in [1.29, 1.82) is 0 Å². The quantitative estimate of drug-likeness (QED) is 0.0182. The third-order valence-corrected chi connectivity index (χ3v) is 12.3. The molecule has 0 unspecified atom stereocenters. The fourth-order valence-corrected chi connectivity index (χ4v) is 7.71. The Labute approximate surface area is 523 Å². The minimum atomic E-state index is -0.704. The molecule has 0 aliphatic carbocycles. The van der Waals surface area contributed by atoms with Gasteiger partial charge in [0.05, 0.1) is 26.3 Å². The molecule has 90 heavy (non-hydrogen) atoms. The molecule has 4 aromatic carbocycles. The number of furan rings is 2. The van der Waals surface area contributed by atoms with Gasteiger partial charge >= 0.3 is 30.1 Å². The Balaban J connectivity index is 0.000000245. The molecule has 0 bridgehead atoms. The maximum atomic E-state index is 12.3. The zero-order chi connectivity index (χ0) is 65.2. The van der Waals surface area contributed by atoms with E-state index >= 15 is 0 Å². The van der Waals surface area contributed by atoms with Crippen LogP contribution in [-0.2, 0) is 50.1 Å². The van der Waals surface area contributed by atoms with Gasteiger partial charge in [-0.3, -0.25) is 9.59 Å². The highest BCUT2D eigenvalue weighted by molar-refractivity contribution is 5.96. The topological polar surface area (TPSA) is 301 Å². The fourth-order valence-electron chi connectivity index (χ4n) is 7.71. The lowest BCUT2D eigenvalue weighted by Crippen LogP contribution is -2.28. The molecule has 23 nitrogen and oxygen atoms in total. The number of carbonyl (C=O) groups is 3. The van der Waals surface area contributed by atoms with E-state index in [2.05, 4.69) is 34.9 Å². The molecule has 0 aliphatic rings. The van der Waals surface area contributed by atoms with E-state index in [1.807, 2.05) is 121 Å². The summed E-state index contributed by atoms with van der Waals surface area (Å²) in [5.41, 5.74) is 22.6. The van der Waals surface area contributed by atoms with Crippen molar-refractivity contribution in [2.75, 3.05) is 61.7 Å². The molecule has 1 amide bonds. The average molecular weight is 1220 g/mol. The van der Waals surface area contributed by atoms with E-state index in [0.717, 1.165) is 44.8 Å². The van der Waals surface area contributed by atoms with Crippen molar-refractivity contribution < 1.29 is 52.0 Å². The second-order valence-corrected chi connectivity index (χ2v) is 21.8. The van der Waals surface area contributed by atoms with Gasteiger partial charge in [-0.05, 0) is 161 Å². The number of ether oxygens (including phenoxy) is 5. The van der Waals surface area contributed by atoms with Crippen molar-refractivity contribution in [2.24, 2.45) is 5.73 Å². The number of likely N-dealkylation sites (N-methyl/N-ethyl adjacent to an activating group) is 2. The van der Waals surface area contributed by atoms with Gasteiger partial charge in [-0.15, -0.1) is 0 Å². The number of aromatic nitrogens is 4. The third-order valence-electron chi connectivity index (χ3n) is 12.3. The van der Waals surface area contributed by atoms with E-state index in [-0.39, 0.29) is 36.6 Å². The second kappa shape index (κ2) is 33.2. The van der Waals surface area contributed by atoms with E-state index in [1.165, 1.54) is 18.3 Å². The van der Waals surface area contributed by atoms with Crippen molar-refractivity contribution in [2.45, 2.75) is 79.0 Å². The number of hydrogen-bond acceptors (Lipinski definition) is 20. The molecular formula is C67H74N12O11. The molecule has 0 saturated carbocycles. The van der Waals surface area contributed by atoms with Crippen molar-refractivity contribution in [3.8, 4) is 34.7 Å². The molecule has 468 valence electrons. The average Bonchev–Trinajstić information content (AvgIpc) is 3.14. The Morgan fingerprint density at radius 3 is 1.39 bits per heavy atom. The number of nitrogens with zero attached hydrogens (tertiary/aromatic N) is 8. The van der Waals surface area contributed by atoms with E-state index in [0.29, 0.717) is 74.1 Å². The number of aliphatic hydroxyl groups excluding tert-OH is 1. The van der Waals surface area contributed by atoms with Crippen LogP contribution < -0.4 is 41.8 Å². The minimum absolute atomic E-state index is 0.0904. The van der Waals surface area contributed by atoms with Gasteiger partial charge in [-0.1, -0.05) is 48.5 Å². The first-order valence-corrected chi connectivity index (χ1v) is 28.3. The van der Waals surface area contributed by atoms with Gasteiger partial charge in [0, 0.05) is 68.6 Å². The van der Waals surface area contributed by atoms with Gasteiger partial charge in [-0.25, -0.2) is 24.5 Å². The molecule has 0 spiro atoms. The number of rotatable bonds is 22. The molecule has 0 atom stereocenters. The molecular weight excluding hydrogens is 1150 g/mol. The molecule has 0 radical (unpaired) electrons. The lowest BCUT2D eigenvalue weighted by Gasteiger charge is -2.19. The smallest absolute Gasteiger partial charge is 0.407 e. The number of nitrogen functional groups attached to an aromatic ring is 2. The predicted octanol–water partition coefficient (Wildman–Crippen LogP) is 10.9. The van der Waals surface area contributed by atoms with E-state index < -0.39 is 29.2 Å². The van der Waals surface area contributed by atoms with Crippen molar-refractivity contribution in [3.05, 3.63) is 214 Å². The largest absolute Gasteiger partial charge is 0.465 e. The normalized spacial score (nSPS) is 11.2. The molecule has 0 aliphatic heterocycles. The van der Waals surface area contributed by atoms with E-state index in [9.17, 15) is 14.4 Å².